The van der Waals surface area contributed by atoms with Crippen LogP contribution in [0.25, 0.3) is 11.1 Å². The number of hydrogen-bond donors (Lipinski definition) is 4. The van der Waals surface area contributed by atoms with Crippen molar-refractivity contribution >= 4 is 0 Å². The molecule has 1 aliphatic heterocycles. The number of ether oxygens (including phenoxy) is 1. The fourth-order valence-corrected chi connectivity index (χ4v) is 3.98. The quantitative estimate of drug-likeness (QED) is 0.388. The van der Waals surface area contributed by atoms with Gasteiger partial charge in [-0.25, -0.2) is 4.79 Å². The van der Waals surface area contributed by atoms with Crippen molar-refractivity contribution in [1.29, 1.82) is 0 Å². The maximum atomic E-state index is 11.6. The van der Waals surface area contributed by atoms with Crippen LogP contribution in [0.15, 0.2) is 64.3 Å². The van der Waals surface area contributed by atoms with Crippen molar-refractivity contribution in [2.24, 2.45) is 0 Å². The Labute approximate surface area is 178 Å². The van der Waals surface area contributed by atoms with Gasteiger partial charge in [-0.05, 0) is 28.7 Å². The Bertz CT molecular complexity index is 1140. The zero-order chi connectivity index (χ0) is 22.0. The summed E-state index contributed by atoms with van der Waals surface area (Å²) in [5, 5.41) is 27.5. The molecule has 8 nitrogen and oxygen atoms in total. The molecular formula is C23H24N2O6. The van der Waals surface area contributed by atoms with Crippen molar-refractivity contribution in [2.45, 2.75) is 37.9 Å². The minimum atomic E-state index is -0.878. The molecule has 2 aromatic carbocycles. The number of nitrogens with one attached hydrogen (secondary N) is 1. The zero-order valence-electron chi connectivity index (χ0n) is 16.8. The van der Waals surface area contributed by atoms with Crippen LogP contribution in [0, 0.1) is 0 Å². The second kappa shape index (κ2) is 8.99. The number of aliphatic hydroxyl groups excluding tert-OH is 3. The second-order valence-electron chi connectivity index (χ2n) is 7.58. The molecular weight excluding hydrogens is 400 g/mol. The number of rotatable bonds is 3. The minimum Gasteiger partial charge on any atom is -0.394 e. The fraction of sp³-hybridized carbons (Fsp3) is 0.304. The molecule has 162 valence electrons. The SMILES string of the molecule is O=c1[nH]c(=O)n([C@H]2C[C@H](O)[C@@H](CO)O2)cc1CO.c1ccc2c(c1)Cc1ccccc1-2. The number of aliphatic hydroxyl groups is 3. The molecule has 2 heterocycles. The Morgan fingerprint density at radius 2 is 1.61 bits per heavy atom. The molecule has 4 N–H and O–H groups in total. The smallest absolute Gasteiger partial charge is 0.330 e. The van der Waals surface area contributed by atoms with E-state index in [0.717, 1.165) is 11.0 Å². The van der Waals surface area contributed by atoms with E-state index in [-0.39, 0.29) is 18.6 Å². The van der Waals surface area contributed by atoms with E-state index < -0.39 is 36.3 Å². The van der Waals surface area contributed by atoms with Crippen molar-refractivity contribution in [1.82, 2.24) is 9.55 Å². The van der Waals surface area contributed by atoms with E-state index in [1.54, 1.807) is 0 Å². The van der Waals surface area contributed by atoms with Crippen LogP contribution in [0.1, 0.15) is 29.3 Å². The van der Waals surface area contributed by atoms with Gasteiger partial charge < -0.3 is 20.1 Å². The molecule has 0 amide bonds. The molecule has 0 bridgehead atoms. The average Bonchev–Trinajstić information content (AvgIpc) is 3.34. The number of aromatic amines is 1. The number of benzene rings is 2. The van der Waals surface area contributed by atoms with Crippen LogP contribution in [-0.2, 0) is 17.8 Å². The van der Waals surface area contributed by atoms with E-state index in [2.05, 4.69) is 53.5 Å². The van der Waals surface area contributed by atoms with Gasteiger partial charge in [0.25, 0.3) is 5.56 Å². The molecule has 31 heavy (non-hydrogen) atoms. The van der Waals surface area contributed by atoms with Crippen LogP contribution in [0.2, 0.25) is 0 Å². The molecule has 0 unspecified atom stereocenters. The third-order valence-corrected chi connectivity index (χ3v) is 5.61. The van der Waals surface area contributed by atoms with Crippen molar-refractivity contribution in [3.63, 3.8) is 0 Å². The number of aromatic nitrogens is 2. The minimum absolute atomic E-state index is 0.0279. The summed E-state index contributed by atoms with van der Waals surface area (Å²) in [5.74, 6) is 0. The van der Waals surface area contributed by atoms with E-state index in [4.69, 9.17) is 14.9 Å². The van der Waals surface area contributed by atoms with Gasteiger partial charge in [0.05, 0.1) is 24.9 Å². The Kier molecular flexibility index (Phi) is 6.15. The normalized spacial score (nSPS) is 21.2. The Hall–Kier alpha value is -3.04. The van der Waals surface area contributed by atoms with Crippen LogP contribution in [-0.4, -0.2) is 43.7 Å². The highest BCUT2D eigenvalue weighted by atomic mass is 16.5. The standard InChI is InChI=1S/C13H10.C10H14N2O6/c1-3-7-12-10(5-1)9-11-6-2-4-8-13(11)12;13-3-5-2-12(10(17)11-9(5)16)8-1-6(15)7(4-14)18-8/h1-8H,9H2;2,6-8,13-15H,1,3-4H2,(H,11,16,17)/t;6-,7+,8+/m.0/s1. The predicted molar refractivity (Wildman–Crippen MR) is 114 cm³/mol. The van der Waals surface area contributed by atoms with Crippen LogP contribution in [0.3, 0.4) is 0 Å². The summed E-state index contributed by atoms with van der Waals surface area (Å²) in [6.07, 6.45) is 0.0155. The molecule has 0 spiro atoms. The van der Waals surface area contributed by atoms with E-state index in [1.807, 2.05) is 0 Å². The number of fused-ring (bicyclic) bond motifs is 3. The highest BCUT2D eigenvalue weighted by Gasteiger charge is 2.35. The van der Waals surface area contributed by atoms with Crippen molar-refractivity contribution in [3.8, 4) is 11.1 Å². The maximum absolute atomic E-state index is 11.6. The lowest BCUT2D eigenvalue weighted by Crippen LogP contribution is -2.34. The first-order valence-corrected chi connectivity index (χ1v) is 10.1. The molecule has 1 fully saturated rings. The van der Waals surface area contributed by atoms with Crippen LogP contribution >= 0.6 is 0 Å². The van der Waals surface area contributed by atoms with Crippen LogP contribution < -0.4 is 11.2 Å². The largest absolute Gasteiger partial charge is 0.394 e. The molecule has 3 atom stereocenters. The summed E-state index contributed by atoms with van der Waals surface area (Å²) in [5.41, 5.74) is 4.44. The molecule has 1 aromatic heterocycles. The van der Waals surface area contributed by atoms with Gasteiger partial charge in [-0.15, -0.1) is 0 Å². The Morgan fingerprint density at radius 3 is 2.16 bits per heavy atom. The lowest BCUT2D eigenvalue weighted by molar-refractivity contribution is -0.0460. The van der Waals surface area contributed by atoms with Gasteiger partial charge in [-0.3, -0.25) is 14.3 Å². The monoisotopic (exact) mass is 424 g/mol. The maximum Gasteiger partial charge on any atom is 0.330 e. The summed E-state index contributed by atoms with van der Waals surface area (Å²) >= 11 is 0. The van der Waals surface area contributed by atoms with Gasteiger partial charge in [-0.2, -0.15) is 0 Å². The summed E-state index contributed by atoms with van der Waals surface area (Å²) in [6, 6.07) is 17.3. The fourth-order valence-electron chi connectivity index (χ4n) is 3.98. The highest BCUT2D eigenvalue weighted by molar-refractivity contribution is 5.76. The van der Waals surface area contributed by atoms with Crippen molar-refractivity contribution in [3.05, 3.63) is 92.3 Å². The Morgan fingerprint density at radius 1 is 1.00 bits per heavy atom. The Balaban J connectivity index is 0.000000156. The third-order valence-electron chi connectivity index (χ3n) is 5.61. The summed E-state index contributed by atoms with van der Waals surface area (Å²) in [6.45, 7) is -0.864. The molecule has 1 saturated heterocycles. The number of nitrogens with zero attached hydrogens (tertiary/aromatic N) is 1. The third kappa shape index (κ3) is 4.24. The lowest BCUT2D eigenvalue weighted by atomic mass is 10.1. The highest BCUT2D eigenvalue weighted by Crippen LogP contribution is 2.35. The van der Waals surface area contributed by atoms with E-state index in [1.165, 1.54) is 28.5 Å². The lowest BCUT2D eigenvalue weighted by Gasteiger charge is -2.14. The van der Waals surface area contributed by atoms with Gasteiger partial charge in [0.2, 0.25) is 0 Å². The van der Waals surface area contributed by atoms with Gasteiger partial charge in [-0.1, -0.05) is 48.5 Å². The first-order valence-electron chi connectivity index (χ1n) is 10.1. The first-order chi connectivity index (χ1) is 15.0. The van der Waals surface area contributed by atoms with Crippen molar-refractivity contribution in [2.75, 3.05) is 6.61 Å². The first kappa shape index (κ1) is 21.2. The number of H-pyrrole nitrogens is 1. The molecule has 8 heteroatoms. The zero-order valence-corrected chi connectivity index (χ0v) is 16.8. The van der Waals surface area contributed by atoms with E-state index in [9.17, 15) is 14.7 Å². The van der Waals surface area contributed by atoms with Gasteiger partial charge in [0.15, 0.2) is 0 Å². The average molecular weight is 424 g/mol. The predicted octanol–water partition coefficient (Wildman–Crippen LogP) is 0.927. The molecule has 0 saturated carbocycles. The molecule has 3 aromatic rings. The summed E-state index contributed by atoms with van der Waals surface area (Å²) < 4.78 is 6.38. The van der Waals surface area contributed by atoms with Gasteiger partial charge in [0.1, 0.15) is 12.3 Å². The van der Waals surface area contributed by atoms with Crippen LogP contribution in [0.4, 0.5) is 0 Å². The molecule has 5 rings (SSSR count). The summed E-state index contributed by atoms with van der Waals surface area (Å²) in [4.78, 5) is 24.9. The van der Waals surface area contributed by atoms with Crippen LogP contribution in [0.5, 0.6) is 0 Å². The number of hydrogen-bond acceptors (Lipinski definition) is 6. The van der Waals surface area contributed by atoms with Crippen molar-refractivity contribution < 1.29 is 20.1 Å². The molecule has 2 aliphatic rings. The van der Waals surface area contributed by atoms with Gasteiger partial charge >= 0.3 is 5.69 Å². The van der Waals surface area contributed by atoms with E-state index >= 15 is 0 Å². The molecule has 1 aliphatic carbocycles. The summed E-state index contributed by atoms with van der Waals surface area (Å²) in [7, 11) is 0. The second-order valence-corrected chi connectivity index (χ2v) is 7.58. The molecule has 0 radical (unpaired) electrons. The topological polar surface area (TPSA) is 125 Å². The van der Waals surface area contributed by atoms with Gasteiger partial charge in [0, 0.05) is 12.6 Å². The van der Waals surface area contributed by atoms with E-state index in [0.29, 0.717) is 0 Å².